The van der Waals surface area contributed by atoms with Crippen LogP contribution in [0.3, 0.4) is 0 Å². The van der Waals surface area contributed by atoms with Gasteiger partial charge in [-0.15, -0.1) is 0 Å². The maximum Gasteiger partial charge on any atom is 0.334 e. The van der Waals surface area contributed by atoms with Gasteiger partial charge in [0.2, 0.25) is 0 Å². The van der Waals surface area contributed by atoms with Gasteiger partial charge in [-0.25, -0.2) is 0 Å². The van der Waals surface area contributed by atoms with Gasteiger partial charge in [0.15, 0.2) is 0 Å². The van der Waals surface area contributed by atoms with Crippen LogP contribution in [0, 0.1) is 0 Å². The third-order valence-corrected chi connectivity index (χ3v) is 15.5. The molecular weight excluding hydrogens is 319 g/mol. The first-order valence-corrected chi connectivity index (χ1v) is 13.3. The summed E-state index contributed by atoms with van der Waals surface area (Å²) < 4.78 is 20.4. The van der Waals surface area contributed by atoms with Crippen molar-refractivity contribution in [2.24, 2.45) is 0 Å². The standard InChI is InChI=1S/C17H37BO3Si2/c1-13(2)22(14(3)4)19-12-10-17(9-11-18)20-23(21-22,15(5)6)16(7)8/h13-17H,9-12H2,1-8H3. The SMILES string of the molecule is [B]CCC1CCO[Si](C(C)C)(C(C)C)O[Si](C(C)C)(C(C)C)O1. The lowest BCUT2D eigenvalue weighted by Gasteiger charge is -2.51. The van der Waals surface area contributed by atoms with Gasteiger partial charge in [0.1, 0.15) is 0 Å². The fourth-order valence-electron chi connectivity index (χ4n) is 3.77. The van der Waals surface area contributed by atoms with E-state index in [9.17, 15) is 0 Å². The molecule has 0 amide bonds. The molecule has 1 rings (SSSR count). The molecule has 2 radical (unpaired) electrons. The van der Waals surface area contributed by atoms with E-state index in [0.29, 0.717) is 28.5 Å². The first-order valence-electron chi connectivity index (χ1n) is 9.34. The van der Waals surface area contributed by atoms with Crippen molar-refractivity contribution < 1.29 is 13.0 Å². The number of hydrogen-bond acceptors (Lipinski definition) is 3. The first kappa shape index (κ1) is 21.4. The van der Waals surface area contributed by atoms with Gasteiger partial charge in [-0.05, 0) is 35.0 Å². The molecule has 1 fully saturated rings. The van der Waals surface area contributed by atoms with Gasteiger partial charge in [-0.2, -0.15) is 0 Å². The molecule has 0 spiro atoms. The van der Waals surface area contributed by atoms with E-state index in [1.165, 1.54) is 0 Å². The molecule has 23 heavy (non-hydrogen) atoms. The van der Waals surface area contributed by atoms with E-state index in [1.807, 2.05) is 0 Å². The molecule has 0 bridgehead atoms. The van der Waals surface area contributed by atoms with E-state index >= 15 is 0 Å². The second kappa shape index (κ2) is 8.65. The largest absolute Gasteiger partial charge is 0.414 e. The minimum Gasteiger partial charge on any atom is -0.414 e. The average Bonchev–Trinajstić information content (AvgIpc) is 2.40. The smallest absolute Gasteiger partial charge is 0.334 e. The highest BCUT2D eigenvalue weighted by molar-refractivity contribution is 6.83. The summed E-state index contributed by atoms with van der Waals surface area (Å²) in [6, 6.07) is 0. The molecule has 0 aliphatic carbocycles. The van der Waals surface area contributed by atoms with Crippen molar-refractivity contribution in [2.75, 3.05) is 6.61 Å². The third kappa shape index (κ3) is 4.51. The van der Waals surface area contributed by atoms with Gasteiger partial charge in [-0.1, -0.05) is 61.7 Å². The normalized spacial score (nSPS) is 25.1. The zero-order valence-corrected chi connectivity index (χ0v) is 18.5. The van der Waals surface area contributed by atoms with E-state index < -0.39 is 17.1 Å². The van der Waals surface area contributed by atoms with Crippen LogP contribution >= 0.6 is 0 Å². The van der Waals surface area contributed by atoms with Crippen LogP contribution in [-0.4, -0.2) is 37.7 Å². The van der Waals surface area contributed by atoms with E-state index in [2.05, 4.69) is 55.4 Å². The van der Waals surface area contributed by atoms with Crippen LogP contribution in [0.15, 0.2) is 0 Å². The van der Waals surface area contributed by atoms with Crippen molar-refractivity contribution in [3.05, 3.63) is 0 Å². The van der Waals surface area contributed by atoms with E-state index in [4.69, 9.17) is 20.8 Å². The van der Waals surface area contributed by atoms with Gasteiger partial charge in [0.05, 0.1) is 7.85 Å². The Hall–Kier alpha value is 0.379. The van der Waals surface area contributed by atoms with Gasteiger partial charge < -0.3 is 13.0 Å². The van der Waals surface area contributed by atoms with Crippen molar-refractivity contribution in [1.29, 1.82) is 0 Å². The molecule has 1 aliphatic heterocycles. The third-order valence-electron chi connectivity index (χ3n) is 5.14. The molecule has 3 nitrogen and oxygen atoms in total. The van der Waals surface area contributed by atoms with Gasteiger partial charge >= 0.3 is 17.1 Å². The summed E-state index contributed by atoms with van der Waals surface area (Å²) in [4.78, 5) is 0. The molecule has 1 atom stereocenters. The Kier molecular flexibility index (Phi) is 8.06. The fraction of sp³-hybridized carbons (Fsp3) is 1.00. The lowest BCUT2D eigenvalue weighted by atomic mass is 9.98. The van der Waals surface area contributed by atoms with Gasteiger partial charge in [-0.3, -0.25) is 0 Å². The Labute approximate surface area is 147 Å². The molecule has 6 heteroatoms. The molecule has 1 aliphatic rings. The first-order chi connectivity index (χ1) is 10.6. The zero-order valence-electron chi connectivity index (χ0n) is 16.5. The highest BCUT2D eigenvalue weighted by Crippen LogP contribution is 2.46. The fourth-order valence-corrected chi connectivity index (χ4v) is 15.0. The van der Waals surface area contributed by atoms with Gasteiger partial charge in [0, 0.05) is 12.7 Å². The van der Waals surface area contributed by atoms with Crippen LogP contribution in [-0.2, 0) is 13.0 Å². The van der Waals surface area contributed by atoms with E-state index in [1.54, 1.807) is 0 Å². The minimum absolute atomic E-state index is 0.169. The van der Waals surface area contributed by atoms with Crippen molar-refractivity contribution in [1.82, 2.24) is 0 Å². The van der Waals surface area contributed by atoms with Gasteiger partial charge in [0.25, 0.3) is 0 Å². The zero-order chi connectivity index (χ0) is 17.8. The van der Waals surface area contributed by atoms with Crippen LogP contribution < -0.4 is 0 Å². The summed E-state index contributed by atoms with van der Waals surface area (Å²) in [7, 11) is 1.07. The number of hydrogen-bond donors (Lipinski definition) is 0. The van der Waals surface area contributed by atoms with Crippen molar-refractivity contribution in [3.8, 4) is 0 Å². The summed E-state index contributed by atoms with van der Waals surface area (Å²) in [5.74, 6) is 0. The van der Waals surface area contributed by atoms with Crippen LogP contribution in [0.2, 0.25) is 28.5 Å². The summed E-state index contributed by atoms with van der Waals surface area (Å²) in [6.45, 7) is 18.8. The highest BCUT2D eigenvalue weighted by Gasteiger charge is 2.57. The summed E-state index contributed by atoms with van der Waals surface area (Å²) in [5.41, 5.74) is 1.63. The molecule has 0 saturated carbocycles. The maximum atomic E-state index is 7.08. The molecule has 1 saturated heterocycles. The average molecular weight is 356 g/mol. The Balaban J connectivity index is 3.30. The predicted molar refractivity (Wildman–Crippen MR) is 104 cm³/mol. The topological polar surface area (TPSA) is 27.7 Å². The van der Waals surface area contributed by atoms with E-state index in [0.717, 1.165) is 19.4 Å². The quantitative estimate of drug-likeness (QED) is 0.604. The molecular formula is C17H37BO3Si2. The Morgan fingerprint density at radius 2 is 1.35 bits per heavy atom. The second-order valence-corrected chi connectivity index (χ2v) is 17.0. The van der Waals surface area contributed by atoms with Crippen molar-refractivity contribution >= 4 is 25.0 Å². The van der Waals surface area contributed by atoms with Crippen molar-refractivity contribution in [2.45, 2.75) is 103 Å². The van der Waals surface area contributed by atoms with Crippen LogP contribution in [0.5, 0.6) is 0 Å². The molecule has 0 aromatic heterocycles. The molecule has 0 aromatic carbocycles. The van der Waals surface area contributed by atoms with Crippen LogP contribution in [0.4, 0.5) is 0 Å². The Bertz CT molecular complexity index is 346. The molecule has 0 aromatic rings. The monoisotopic (exact) mass is 356 g/mol. The lowest BCUT2D eigenvalue weighted by Crippen LogP contribution is -2.63. The van der Waals surface area contributed by atoms with Crippen LogP contribution in [0.25, 0.3) is 0 Å². The van der Waals surface area contributed by atoms with Crippen LogP contribution in [0.1, 0.15) is 68.2 Å². The number of rotatable bonds is 6. The predicted octanol–water partition coefficient (Wildman–Crippen LogP) is 5.31. The Morgan fingerprint density at radius 3 is 1.74 bits per heavy atom. The van der Waals surface area contributed by atoms with E-state index in [-0.39, 0.29) is 6.10 Å². The maximum absolute atomic E-state index is 7.08. The molecule has 1 heterocycles. The summed E-state index contributed by atoms with van der Waals surface area (Å²) >= 11 is 0. The summed E-state index contributed by atoms with van der Waals surface area (Å²) in [6.07, 6.45) is 2.65. The highest BCUT2D eigenvalue weighted by atomic mass is 28.5. The van der Waals surface area contributed by atoms with Crippen molar-refractivity contribution in [3.63, 3.8) is 0 Å². The molecule has 0 N–H and O–H groups in total. The lowest BCUT2D eigenvalue weighted by molar-refractivity contribution is 0.0644. The molecule has 134 valence electrons. The Morgan fingerprint density at radius 1 is 0.870 bits per heavy atom. The second-order valence-electron chi connectivity index (χ2n) is 8.12. The summed E-state index contributed by atoms with van der Waals surface area (Å²) in [5, 5.41) is 0. The minimum atomic E-state index is -2.40. The molecule has 1 unspecified atom stereocenters.